The Morgan fingerprint density at radius 2 is 1.65 bits per heavy atom. The maximum absolute atomic E-state index is 13.5. The molecule has 1 aromatic carbocycles. The molecule has 2 fully saturated rings. The summed E-state index contributed by atoms with van der Waals surface area (Å²) in [5, 5.41) is 3.74. The van der Waals surface area contributed by atoms with Gasteiger partial charge in [0.25, 0.3) is 5.91 Å². The van der Waals surface area contributed by atoms with E-state index >= 15 is 0 Å². The number of rotatable bonds is 3. The van der Waals surface area contributed by atoms with E-state index in [2.05, 4.69) is 26.1 Å². The van der Waals surface area contributed by atoms with Gasteiger partial charge in [0.1, 0.15) is 11.3 Å². The van der Waals surface area contributed by atoms with Crippen molar-refractivity contribution in [2.24, 2.45) is 11.8 Å². The van der Waals surface area contributed by atoms with Crippen LogP contribution in [0.5, 0.6) is 5.75 Å². The number of halogens is 1. The standard InChI is InChI=1S/C24H37ClN3O3/c1-24(2,3)28(14-10-18(11-15-28)17-8-12-26-13-9-17)23(30)31-19-6-7-20(21(25)16-19)22(29)27(4)5/h6-7,16-18,26H,8-15H2,1-5H3/q+1. The number of hydrogen-bond acceptors (Lipinski definition) is 4. The number of piperidine rings is 2. The molecule has 0 saturated carbocycles. The molecule has 3 rings (SSSR count). The van der Waals surface area contributed by atoms with E-state index in [-0.39, 0.29) is 22.6 Å². The van der Waals surface area contributed by atoms with Crippen LogP contribution in [0, 0.1) is 11.8 Å². The Morgan fingerprint density at radius 3 is 2.16 bits per heavy atom. The zero-order valence-corrected chi connectivity index (χ0v) is 20.3. The summed E-state index contributed by atoms with van der Waals surface area (Å²) < 4.78 is 6.16. The van der Waals surface area contributed by atoms with Crippen LogP contribution in [0.4, 0.5) is 4.79 Å². The van der Waals surface area contributed by atoms with Crippen molar-refractivity contribution in [1.82, 2.24) is 10.2 Å². The molecule has 31 heavy (non-hydrogen) atoms. The first-order valence-corrected chi connectivity index (χ1v) is 11.7. The van der Waals surface area contributed by atoms with Crippen LogP contribution in [-0.4, -0.2) is 67.2 Å². The molecule has 2 amide bonds. The van der Waals surface area contributed by atoms with Gasteiger partial charge in [-0.3, -0.25) is 4.79 Å². The zero-order chi connectivity index (χ0) is 22.8. The van der Waals surface area contributed by atoms with Gasteiger partial charge in [-0.25, -0.2) is 4.48 Å². The van der Waals surface area contributed by atoms with E-state index in [0.29, 0.717) is 21.7 Å². The third-order valence-corrected chi connectivity index (χ3v) is 7.54. The lowest BCUT2D eigenvalue weighted by Crippen LogP contribution is -2.67. The minimum absolute atomic E-state index is 0.180. The van der Waals surface area contributed by atoms with Crippen LogP contribution in [0.1, 0.15) is 56.8 Å². The van der Waals surface area contributed by atoms with E-state index in [0.717, 1.165) is 44.9 Å². The van der Waals surface area contributed by atoms with Gasteiger partial charge in [-0.1, -0.05) is 11.6 Å². The summed E-state index contributed by atoms with van der Waals surface area (Å²) in [4.78, 5) is 27.2. The van der Waals surface area contributed by atoms with Crippen LogP contribution >= 0.6 is 11.6 Å². The normalized spacial score (nSPS) is 25.2. The third kappa shape index (κ3) is 5.07. The summed E-state index contributed by atoms with van der Waals surface area (Å²) >= 11 is 6.32. The molecule has 2 saturated heterocycles. The van der Waals surface area contributed by atoms with Crippen LogP contribution in [-0.2, 0) is 0 Å². The van der Waals surface area contributed by atoms with Gasteiger partial charge in [0.05, 0.1) is 23.7 Å². The van der Waals surface area contributed by atoms with E-state index < -0.39 is 0 Å². The first-order valence-electron chi connectivity index (χ1n) is 11.4. The Balaban J connectivity index is 1.74. The van der Waals surface area contributed by atoms with E-state index in [1.165, 1.54) is 17.7 Å². The fraction of sp³-hybridized carbons (Fsp3) is 0.667. The number of quaternary nitrogens is 1. The second kappa shape index (κ2) is 9.47. The summed E-state index contributed by atoms with van der Waals surface area (Å²) in [5.74, 6) is 1.66. The lowest BCUT2D eigenvalue weighted by atomic mass is 9.77. The highest BCUT2D eigenvalue weighted by atomic mass is 35.5. The van der Waals surface area contributed by atoms with Crippen molar-refractivity contribution in [3.63, 3.8) is 0 Å². The lowest BCUT2D eigenvalue weighted by Gasteiger charge is -2.49. The second-order valence-corrected chi connectivity index (χ2v) is 10.6. The number of amides is 2. The molecule has 0 unspecified atom stereocenters. The number of ether oxygens (including phenoxy) is 1. The summed E-state index contributed by atoms with van der Waals surface area (Å²) in [5.41, 5.74) is 0.134. The highest BCUT2D eigenvalue weighted by Crippen LogP contribution is 2.39. The minimum Gasteiger partial charge on any atom is -0.381 e. The smallest absolute Gasteiger partial charge is 0.381 e. The van der Waals surface area contributed by atoms with Crippen LogP contribution in [0.25, 0.3) is 0 Å². The molecule has 7 heteroatoms. The maximum Gasteiger partial charge on any atom is 0.521 e. The Morgan fingerprint density at radius 1 is 1.06 bits per heavy atom. The highest BCUT2D eigenvalue weighted by Gasteiger charge is 2.52. The molecule has 0 spiro atoms. The molecule has 0 bridgehead atoms. The Hall–Kier alpha value is -1.63. The lowest BCUT2D eigenvalue weighted by molar-refractivity contribution is -0.908. The number of benzene rings is 1. The number of nitrogens with one attached hydrogen (secondary N) is 1. The molecule has 0 atom stereocenters. The quantitative estimate of drug-likeness (QED) is 0.685. The molecule has 172 valence electrons. The molecule has 1 N–H and O–H groups in total. The third-order valence-electron chi connectivity index (χ3n) is 7.23. The van der Waals surface area contributed by atoms with Gasteiger partial charge in [-0.2, -0.15) is 4.79 Å². The molecule has 0 aromatic heterocycles. The van der Waals surface area contributed by atoms with Crippen molar-refractivity contribution in [3.05, 3.63) is 28.8 Å². The Kier molecular flexibility index (Phi) is 7.34. The van der Waals surface area contributed by atoms with Crippen molar-refractivity contribution >= 4 is 23.6 Å². The van der Waals surface area contributed by atoms with Crippen molar-refractivity contribution in [1.29, 1.82) is 0 Å². The van der Waals surface area contributed by atoms with Crippen LogP contribution in [0.2, 0.25) is 5.02 Å². The molecule has 2 heterocycles. The summed E-state index contributed by atoms with van der Waals surface area (Å²) in [7, 11) is 3.36. The van der Waals surface area contributed by atoms with Crippen molar-refractivity contribution < 1.29 is 18.8 Å². The number of likely N-dealkylation sites (tertiary alicyclic amines) is 1. The van der Waals surface area contributed by atoms with E-state index in [4.69, 9.17) is 16.3 Å². The first-order chi connectivity index (χ1) is 14.5. The predicted octanol–water partition coefficient (Wildman–Crippen LogP) is 4.57. The van der Waals surface area contributed by atoms with Crippen molar-refractivity contribution in [3.8, 4) is 5.75 Å². The second-order valence-electron chi connectivity index (χ2n) is 10.2. The molecule has 0 radical (unpaired) electrons. The van der Waals surface area contributed by atoms with Gasteiger partial charge in [-0.15, -0.1) is 0 Å². The van der Waals surface area contributed by atoms with Gasteiger partial charge >= 0.3 is 6.09 Å². The van der Waals surface area contributed by atoms with Crippen molar-refractivity contribution in [2.45, 2.75) is 52.0 Å². The van der Waals surface area contributed by atoms with E-state index in [9.17, 15) is 9.59 Å². The molecule has 6 nitrogen and oxygen atoms in total. The average Bonchev–Trinajstić information content (AvgIpc) is 2.73. The molecule has 2 aliphatic heterocycles. The van der Waals surface area contributed by atoms with Gasteiger partial charge < -0.3 is 15.0 Å². The SMILES string of the molecule is CN(C)C(=O)c1ccc(OC(=O)[N+]2(C(C)(C)C)CCC(C3CCNCC3)CC2)cc1Cl. The average molecular weight is 451 g/mol. The topological polar surface area (TPSA) is 58.6 Å². The molecular formula is C24H37ClN3O3+. The first kappa shape index (κ1) is 24.0. The summed E-state index contributed by atoms with van der Waals surface area (Å²) in [6.45, 7) is 10.1. The minimum atomic E-state index is -0.263. The monoisotopic (exact) mass is 450 g/mol. The highest BCUT2D eigenvalue weighted by molar-refractivity contribution is 6.34. The maximum atomic E-state index is 13.5. The number of nitrogens with zero attached hydrogens (tertiary/aromatic N) is 2. The number of carbonyl (C=O) groups is 2. The summed E-state index contributed by atoms with van der Waals surface area (Å²) in [6.07, 6.45) is 4.34. The number of carbonyl (C=O) groups excluding carboxylic acids is 2. The van der Waals surface area contributed by atoms with Gasteiger partial charge in [0, 0.05) is 33.0 Å². The van der Waals surface area contributed by atoms with E-state index in [1.54, 1.807) is 32.3 Å². The van der Waals surface area contributed by atoms with E-state index in [1.807, 2.05) is 0 Å². The Bertz CT molecular complexity index is 805. The molecular weight excluding hydrogens is 414 g/mol. The molecule has 2 aliphatic rings. The Labute approximate surface area is 191 Å². The van der Waals surface area contributed by atoms with Crippen LogP contribution in [0.3, 0.4) is 0 Å². The fourth-order valence-corrected chi connectivity index (χ4v) is 5.36. The van der Waals surface area contributed by atoms with Crippen molar-refractivity contribution in [2.75, 3.05) is 40.3 Å². The molecule has 0 aliphatic carbocycles. The largest absolute Gasteiger partial charge is 0.521 e. The zero-order valence-electron chi connectivity index (χ0n) is 19.5. The predicted molar refractivity (Wildman–Crippen MR) is 124 cm³/mol. The molecule has 1 aromatic rings. The number of hydrogen-bond donors (Lipinski definition) is 1. The fourth-order valence-electron chi connectivity index (χ4n) is 5.10. The van der Waals surface area contributed by atoms with Gasteiger partial charge in [-0.05, 0) is 70.7 Å². The van der Waals surface area contributed by atoms with Crippen LogP contribution in [0.15, 0.2) is 18.2 Å². The van der Waals surface area contributed by atoms with Crippen LogP contribution < -0.4 is 10.1 Å². The van der Waals surface area contributed by atoms with Gasteiger partial charge in [0.2, 0.25) is 0 Å². The van der Waals surface area contributed by atoms with Gasteiger partial charge in [0.15, 0.2) is 0 Å². The summed E-state index contributed by atoms with van der Waals surface area (Å²) in [6, 6.07) is 4.84.